The van der Waals surface area contributed by atoms with E-state index in [1.165, 1.54) is 35.6 Å². The van der Waals surface area contributed by atoms with E-state index in [2.05, 4.69) is 50.4 Å². The molecule has 7 heteroatoms. The zero-order chi connectivity index (χ0) is 19.3. The summed E-state index contributed by atoms with van der Waals surface area (Å²) in [5.74, 6) is 0.675. The third-order valence-corrected chi connectivity index (χ3v) is 7.08. The van der Waals surface area contributed by atoms with Gasteiger partial charge in [0.15, 0.2) is 5.16 Å². The number of thioether (sulfide) groups is 1. The van der Waals surface area contributed by atoms with Crippen molar-refractivity contribution in [2.45, 2.75) is 49.4 Å². The molecular weight excluding hydrogens is 446 g/mol. The molecule has 0 atom stereocenters. The van der Waals surface area contributed by atoms with Gasteiger partial charge in [0.1, 0.15) is 5.78 Å². The van der Waals surface area contributed by atoms with Gasteiger partial charge in [0.25, 0.3) is 0 Å². The number of carbonyl (C=O) groups excluding carboxylic acids is 1. The Morgan fingerprint density at radius 1 is 1.26 bits per heavy atom. The van der Waals surface area contributed by atoms with E-state index < -0.39 is 4.75 Å². The van der Waals surface area contributed by atoms with Gasteiger partial charge in [-0.05, 0) is 72.5 Å². The zero-order valence-electron chi connectivity index (χ0n) is 15.3. The number of halogens is 2. The molecular formula is C20H19BrClN3OS. The van der Waals surface area contributed by atoms with Crippen molar-refractivity contribution in [2.24, 2.45) is 0 Å². The highest BCUT2D eigenvalue weighted by Gasteiger charge is 2.31. The molecule has 0 N–H and O–H groups in total. The van der Waals surface area contributed by atoms with E-state index in [1.54, 1.807) is 6.92 Å². The average Bonchev–Trinajstić information content (AvgIpc) is 3.40. The Bertz CT molecular complexity index is 1060. The second-order valence-corrected chi connectivity index (χ2v) is 10.1. The first-order valence-electron chi connectivity index (χ1n) is 8.82. The van der Waals surface area contributed by atoms with E-state index in [1.807, 2.05) is 24.5 Å². The predicted molar refractivity (Wildman–Crippen MR) is 114 cm³/mol. The van der Waals surface area contributed by atoms with Gasteiger partial charge in [-0.1, -0.05) is 47.6 Å². The molecule has 0 radical (unpaired) electrons. The summed E-state index contributed by atoms with van der Waals surface area (Å²) >= 11 is 11.7. The van der Waals surface area contributed by atoms with Gasteiger partial charge in [0.05, 0.1) is 15.5 Å². The third-order valence-electron chi connectivity index (χ3n) is 5.03. The zero-order valence-corrected chi connectivity index (χ0v) is 18.5. The summed E-state index contributed by atoms with van der Waals surface area (Å²) in [6, 6.07) is 10.4. The van der Waals surface area contributed by atoms with Gasteiger partial charge in [-0.3, -0.25) is 9.36 Å². The highest BCUT2D eigenvalue weighted by molar-refractivity contribution is 9.10. The first-order chi connectivity index (χ1) is 12.8. The van der Waals surface area contributed by atoms with Crippen LogP contribution in [0.5, 0.6) is 0 Å². The largest absolute Gasteiger partial charge is 0.298 e. The number of hydrogen-bond donors (Lipinski definition) is 0. The highest BCUT2D eigenvalue weighted by atomic mass is 79.9. The number of carbonyl (C=O) groups is 1. The quantitative estimate of drug-likeness (QED) is 0.423. The van der Waals surface area contributed by atoms with Crippen molar-refractivity contribution in [1.82, 2.24) is 14.8 Å². The normalized spacial score (nSPS) is 14.7. The lowest BCUT2D eigenvalue weighted by molar-refractivity contribution is -0.118. The predicted octanol–water partition coefficient (Wildman–Crippen LogP) is 6.17. The molecule has 1 saturated carbocycles. The Balaban J connectivity index is 1.94. The van der Waals surface area contributed by atoms with Gasteiger partial charge in [-0.2, -0.15) is 0 Å². The van der Waals surface area contributed by atoms with E-state index in [4.69, 9.17) is 11.6 Å². The summed E-state index contributed by atoms with van der Waals surface area (Å²) in [6.07, 6.45) is 2.42. The van der Waals surface area contributed by atoms with Gasteiger partial charge >= 0.3 is 0 Å². The SMILES string of the molecule is CC(=O)C(C)(C)Sc1nnc(Br)n1-c1c(Cl)cc(C2CC2)c2ccccc12. The molecule has 1 aliphatic rings. The van der Waals surface area contributed by atoms with Crippen LogP contribution in [0, 0.1) is 0 Å². The molecule has 0 bridgehead atoms. The van der Waals surface area contributed by atoms with Crippen LogP contribution >= 0.6 is 39.3 Å². The minimum atomic E-state index is -0.611. The van der Waals surface area contributed by atoms with Crippen LogP contribution in [0.15, 0.2) is 40.2 Å². The van der Waals surface area contributed by atoms with E-state index in [-0.39, 0.29) is 5.78 Å². The molecule has 1 aliphatic carbocycles. The van der Waals surface area contributed by atoms with Crippen LogP contribution < -0.4 is 0 Å². The fourth-order valence-electron chi connectivity index (χ4n) is 3.12. The van der Waals surface area contributed by atoms with Gasteiger partial charge in [0, 0.05) is 5.39 Å². The monoisotopic (exact) mass is 463 g/mol. The number of hydrogen-bond acceptors (Lipinski definition) is 4. The molecule has 0 unspecified atom stereocenters. The van der Waals surface area contributed by atoms with E-state index in [0.717, 1.165) is 11.1 Å². The summed E-state index contributed by atoms with van der Waals surface area (Å²) in [4.78, 5) is 12.0. The van der Waals surface area contributed by atoms with E-state index in [0.29, 0.717) is 20.8 Å². The molecule has 4 nitrogen and oxygen atoms in total. The third kappa shape index (κ3) is 3.43. The first kappa shape index (κ1) is 19.0. The molecule has 3 aromatic rings. The molecule has 0 aliphatic heterocycles. The van der Waals surface area contributed by atoms with Gasteiger partial charge in [-0.15, -0.1) is 10.2 Å². The molecule has 4 rings (SSSR count). The topological polar surface area (TPSA) is 47.8 Å². The van der Waals surface area contributed by atoms with Crippen molar-refractivity contribution in [2.75, 3.05) is 0 Å². The summed E-state index contributed by atoms with van der Waals surface area (Å²) in [5.41, 5.74) is 2.15. The maximum Gasteiger partial charge on any atom is 0.205 e. The number of Topliss-reactive ketones (excluding diaryl/α,β-unsaturated/α-hetero) is 1. The molecule has 2 aromatic carbocycles. The van der Waals surface area contributed by atoms with Crippen molar-refractivity contribution < 1.29 is 4.79 Å². The number of nitrogens with zero attached hydrogens (tertiary/aromatic N) is 3. The van der Waals surface area contributed by atoms with Gasteiger partial charge < -0.3 is 0 Å². The maximum atomic E-state index is 12.0. The summed E-state index contributed by atoms with van der Waals surface area (Å²) < 4.78 is 1.85. The molecule has 1 aromatic heterocycles. The Morgan fingerprint density at radius 2 is 1.93 bits per heavy atom. The number of rotatable bonds is 5. The van der Waals surface area contributed by atoms with Crippen molar-refractivity contribution in [3.8, 4) is 5.69 Å². The van der Waals surface area contributed by atoms with Crippen molar-refractivity contribution >= 4 is 55.8 Å². The molecule has 27 heavy (non-hydrogen) atoms. The number of ketones is 1. The minimum Gasteiger partial charge on any atom is -0.298 e. The molecule has 0 saturated heterocycles. The smallest absolute Gasteiger partial charge is 0.205 e. The number of fused-ring (bicyclic) bond motifs is 1. The van der Waals surface area contributed by atoms with Crippen molar-refractivity contribution in [3.63, 3.8) is 0 Å². The lowest BCUT2D eigenvalue weighted by Gasteiger charge is -2.21. The lowest BCUT2D eigenvalue weighted by atomic mass is 9.99. The van der Waals surface area contributed by atoms with Gasteiger partial charge in [0.2, 0.25) is 4.73 Å². The van der Waals surface area contributed by atoms with Crippen LogP contribution in [0.4, 0.5) is 0 Å². The summed E-state index contributed by atoms with van der Waals surface area (Å²) in [7, 11) is 0. The van der Waals surface area contributed by atoms with Crippen LogP contribution in [-0.2, 0) is 4.79 Å². The van der Waals surface area contributed by atoms with Crippen molar-refractivity contribution in [1.29, 1.82) is 0 Å². The Hall–Kier alpha value is -1.37. The molecule has 1 heterocycles. The first-order valence-corrected chi connectivity index (χ1v) is 10.8. The molecule has 0 amide bonds. The number of aromatic nitrogens is 3. The fraction of sp³-hybridized carbons (Fsp3) is 0.350. The lowest BCUT2D eigenvalue weighted by Crippen LogP contribution is -2.25. The van der Waals surface area contributed by atoms with E-state index >= 15 is 0 Å². The van der Waals surface area contributed by atoms with Crippen LogP contribution in [-0.4, -0.2) is 25.3 Å². The highest BCUT2D eigenvalue weighted by Crippen LogP contribution is 2.47. The van der Waals surface area contributed by atoms with Crippen LogP contribution in [0.2, 0.25) is 5.02 Å². The minimum absolute atomic E-state index is 0.0817. The van der Waals surface area contributed by atoms with Crippen molar-refractivity contribution in [3.05, 3.63) is 45.7 Å². The standard InChI is InChI=1S/C20H19BrClN3OS/c1-11(26)20(2,3)27-19-24-23-18(21)25(19)17-14-7-5-4-6-13(14)15(10-16(17)22)12-8-9-12/h4-7,10,12H,8-9H2,1-3H3. The van der Waals surface area contributed by atoms with Crippen LogP contribution in [0.1, 0.15) is 45.1 Å². The second kappa shape index (κ2) is 6.90. The Morgan fingerprint density at radius 3 is 2.56 bits per heavy atom. The van der Waals surface area contributed by atoms with Gasteiger partial charge in [-0.25, -0.2) is 0 Å². The molecule has 0 spiro atoms. The van der Waals surface area contributed by atoms with E-state index in [9.17, 15) is 4.79 Å². The Kier molecular flexibility index (Phi) is 4.85. The van der Waals surface area contributed by atoms with Crippen LogP contribution in [0.3, 0.4) is 0 Å². The molecule has 140 valence electrons. The molecule has 1 fully saturated rings. The second-order valence-electron chi connectivity index (χ2n) is 7.37. The Labute approximate surface area is 175 Å². The fourth-order valence-corrected chi connectivity index (χ4v) is 4.92. The summed E-state index contributed by atoms with van der Waals surface area (Å²) in [6.45, 7) is 5.38. The maximum absolute atomic E-state index is 12.0. The summed E-state index contributed by atoms with van der Waals surface area (Å²) in [5, 5.41) is 12.1. The average molecular weight is 465 g/mol. The number of benzene rings is 2. The van der Waals surface area contributed by atoms with Crippen LogP contribution in [0.25, 0.3) is 16.5 Å².